The number of rotatable bonds is 3. The third-order valence-corrected chi connectivity index (χ3v) is 3.54. The topological polar surface area (TPSA) is 40.6 Å². The number of halogens is 2. The summed E-state index contributed by atoms with van der Waals surface area (Å²) in [5, 5.41) is 0. The molecule has 1 aliphatic rings. The average molecular weight is 296 g/mol. The first kappa shape index (κ1) is 15.4. The number of nitrogens with zero attached hydrogens (tertiary/aromatic N) is 2. The van der Waals surface area contributed by atoms with Gasteiger partial charge >= 0.3 is 0 Å². The molecule has 1 aromatic carbocycles. The fraction of sp³-hybridized carbons (Fsp3) is 0.467. The lowest BCUT2D eigenvalue weighted by Gasteiger charge is -2.34. The average Bonchev–Trinajstić information content (AvgIpc) is 2.49. The van der Waals surface area contributed by atoms with Crippen LogP contribution >= 0.6 is 0 Å². The highest BCUT2D eigenvalue weighted by atomic mass is 19.1. The lowest BCUT2D eigenvalue weighted by molar-refractivity contribution is -0.132. The van der Waals surface area contributed by atoms with Crippen LogP contribution in [0, 0.1) is 11.6 Å². The number of hydrogen-bond acceptors (Lipinski definition) is 2. The molecule has 0 bridgehead atoms. The number of hydrogen-bond donors (Lipinski definition) is 0. The minimum Gasteiger partial charge on any atom is -0.339 e. The Morgan fingerprint density at radius 2 is 1.71 bits per heavy atom. The molecule has 2 rings (SSSR count). The second-order valence-corrected chi connectivity index (χ2v) is 5.05. The van der Waals surface area contributed by atoms with E-state index in [4.69, 9.17) is 0 Å². The van der Waals surface area contributed by atoms with E-state index in [9.17, 15) is 18.4 Å². The summed E-state index contributed by atoms with van der Waals surface area (Å²) in [5.74, 6) is -1.83. The lowest BCUT2D eigenvalue weighted by Crippen LogP contribution is -2.50. The summed E-state index contributed by atoms with van der Waals surface area (Å²) in [6.45, 7) is 3.47. The number of amides is 2. The van der Waals surface area contributed by atoms with Gasteiger partial charge in [-0.05, 0) is 24.6 Å². The molecule has 0 radical (unpaired) electrons. The van der Waals surface area contributed by atoms with Crippen LogP contribution in [-0.2, 0) is 4.79 Å². The second kappa shape index (κ2) is 6.65. The van der Waals surface area contributed by atoms with Crippen LogP contribution in [0.1, 0.15) is 30.1 Å². The van der Waals surface area contributed by atoms with Crippen LogP contribution < -0.4 is 0 Å². The minimum atomic E-state index is -0.731. The molecule has 0 saturated carbocycles. The number of benzene rings is 1. The molecule has 1 saturated heterocycles. The maximum Gasteiger partial charge on any atom is 0.257 e. The van der Waals surface area contributed by atoms with E-state index in [2.05, 4.69) is 0 Å². The fourth-order valence-electron chi connectivity index (χ4n) is 2.36. The van der Waals surface area contributed by atoms with Crippen molar-refractivity contribution in [3.8, 4) is 0 Å². The summed E-state index contributed by atoms with van der Waals surface area (Å²) >= 11 is 0. The first-order chi connectivity index (χ1) is 10.0. The Morgan fingerprint density at radius 1 is 1.10 bits per heavy atom. The molecule has 4 nitrogen and oxygen atoms in total. The molecule has 1 heterocycles. The van der Waals surface area contributed by atoms with E-state index in [-0.39, 0.29) is 11.5 Å². The summed E-state index contributed by atoms with van der Waals surface area (Å²) < 4.78 is 26.7. The molecule has 0 unspecified atom stereocenters. The van der Waals surface area contributed by atoms with Crippen molar-refractivity contribution in [2.75, 3.05) is 26.2 Å². The number of carbonyl (C=O) groups is 2. The van der Waals surface area contributed by atoms with Gasteiger partial charge in [0, 0.05) is 32.6 Å². The zero-order valence-corrected chi connectivity index (χ0v) is 11.9. The zero-order chi connectivity index (χ0) is 15.4. The van der Waals surface area contributed by atoms with E-state index in [1.807, 2.05) is 6.92 Å². The van der Waals surface area contributed by atoms with Crippen molar-refractivity contribution in [2.24, 2.45) is 0 Å². The third kappa shape index (κ3) is 3.56. The minimum absolute atomic E-state index is 0.0709. The van der Waals surface area contributed by atoms with Gasteiger partial charge in [-0.1, -0.05) is 6.92 Å². The summed E-state index contributed by atoms with van der Waals surface area (Å²) in [6, 6.07) is 2.84. The van der Waals surface area contributed by atoms with Gasteiger partial charge in [-0.3, -0.25) is 9.59 Å². The van der Waals surface area contributed by atoms with Crippen molar-refractivity contribution in [3.05, 3.63) is 35.4 Å². The summed E-state index contributed by atoms with van der Waals surface area (Å²) in [4.78, 5) is 27.1. The predicted octanol–water partition coefficient (Wildman–Crippen LogP) is 2.05. The van der Waals surface area contributed by atoms with E-state index in [0.717, 1.165) is 24.6 Å². The Kier molecular flexibility index (Phi) is 4.88. The molecule has 0 N–H and O–H groups in total. The van der Waals surface area contributed by atoms with Crippen LogP contribution in [0.2, 0.25) is 0 Å². The quantitative estimate of drug-likeness (QED) is 0.856. The van der Waals surface area contributed by atoms with Gasteiger partial charge in [-0.15, -0.1) is 0 Å². The van der Waals surface area contributed by atoms with Crippen molar-refractivity contribution < 1.29 is 18.4 Å². The van der Waals surface area contributed by atoms with Gasteiger partial charge in [-0.2, -0.15) is 0 Å². The normalized spacial score (nSPS) is 15.2. The summed E-state index contributed by atoms with van der Waals surface area (Å²) in [5.41, 5.74) is -0.261. The highest BCUT2D eigenvalue weighted by Crippen LogP contribution is 2.14. The van der Waals surface area contributed by atoms with Crippen molar-refractivity contribution >= 4 is 11.8 Å². The van der Waals surface area contributed by atoms with Crippen molar-refractivity contribution in [3.63, 3.8) is 0 Å². The molecular weight excluding hydrogens is 278 g/mol. The number of piperazine rings is 1. The Balaban J connectivity index is 2.00. The van der Waals surface area contributed by atoms with E-state index in [1.54, 1.807) is 4.90 Å². The van der Waals surface area contributed by atoms with Crippen LogP contribution in [0.15, 0.2) is 18.2 Å². The summed E-state index contributed by atoms with van der Waals surface area (Å²) in [7, 11) is 0. The first-order valence-electron chi connectivity index (χ1n) is 7.05. The summed E-state index contributed by atoms with van der Waals surface area (Å²) in [6.07, 6.45) is 1.28. The van der Waals surface area contributed by atoms with Gasteiger partial charge in [0.25, 0.3) is 5.91 Å². The van der Waals surface area contributed by atoms with E-state index in [1.165, 1.54) is 4.90 Å². The first-order valence-corrected chi connectivity index (χ1v) is 7.05. The highest BCUT2D eigenvalue weighted by molar-refractivity contribution is 5.94. The molecule has 2 amide bonds. The Morgan fingerprint density at radius 3 is 2.33 bits per heavy atom. The molecule has 0 aromatic heterocycles. The molecule has 1 aliphatic heterocycles. The standard InChI is InChI=1S/C15H18F2N2O2/c1-2-3-14(20)18-6-8-19(9-7-18)15(21)12-10-11(16)4-5-13(12)17/h4-5,10H,2-3,6-9H2,1H3. The highest BCUT2D eigenvalue weighted by Gasteiger charge is 2.26. The smallest absolute Gasteiger partial charge is 0.257 e. The molecule has 114 valence electrons. The molecule has 21 heavy (non-hydrogen) atoms. The van der Waals surface area contributed by atoms with Gasteiger partial charge in [-0.25, -0.2) is 8.78 Å². The number of carbonyl (C=O) groups excluding carboxylic acids is 2. The maximum absolute atomic E-state index is 13.6. The molecule has 0 aliphatic carbocycles. The largest absolute Gasteiger partial charge is 0.339 e. The Labute approximate surface area is 122 Å². The molecule has 0 spiro atoms. The molecule has 1 aromatic rings. The van der Waals surface area contributed by atoms with Crippen LogP contribution in [-0.4, -0.2) is 47.8 Å². The van der Waals surface area contributed by atoms with Gasteiger partial charge in [0.15, 0.2) is 0 Å². The third-order valence-electron chi connectivity index (χ3n) is 3.54. The van der Waals surface area contributed by atoms with Gasteiger partial charge in [0.1, 0.15) is 11.6 Å². The van der Waals surface area contributed by atoms with E-state index < -0.39 is 17.5 Å². The predicted molar refractivity (Wildman–Crippen MR) is 73.7 cm³/mol. The van der Waals surface area contributed by atoms with Crippen molar-refractivity contribution in [2.45, 2.75) is 19.8 Å². The van der Waals surface area contributed by atoms with Crippen LogP contribution in [0.4, 0.5) is 8.78 Å². The Bertz CT molecular complexity index is 540. The van der Waals surface area contributed by atoms with Crippen LogP contribution in [0.3, 0.4) is 0 Å². The lowest BCUT2D eigenvalue weighted by atomic mass is 10.1. The van der Waals surface area contributed by atoms with Gasteiger partial charge in [0.2, 0.25) is 5.91 Å². The van der Waals surface area contributed by atoms with E-state index in [0.29, 0.717) is 32.6 Å². The SMILES string of the molecule is CCCC(=O)N1CCN(C(=O)c2cc(F)ccc2F)CC1. The van der Waals surface area contributed by atoms with Crippen molar-refractivity contribution in [1.29, 1.82) is 0 Å². The Hall–Kier alpha value is -1.98. The van der Waals surface area contributed by atoms with Gasteiger partial charge in [0.05, 0.1) is 5.56 Å². The second-order valence-electron chi connectivity index (χ2n) is 5.05. The molecular formula is C15H18F2N2O2. The van der Waals surface area contributed by atoms with Crippen LogP contribution in [0.25, 0.3) is 0 Å². The zero-order valence-electron chi connectivity index (χ0n) is 11.9. The van der Waals surface area contributed by atoms with E-state index >= 15 is 0 Å². The van der Waals surface area contributed by atoms with Gasteiger partial charge < -0.3 is 9.80 Å². The monoisotopic (exact) mass is 296 g/mol. The molecule has 0 atom stereocenters. The molecule has 6 heteroatoms. The molecule has 1 fully saturated rings. The van der Waals surface area contributed by atoms with Crippen LogP contribution in [0.5, 0.6) is 0 Å². The fourth-order valence-corrected chi connectivity index (χ4v) is 2.36. The van der Waals surface area contributed by atoms with Crippen molar-refractivity contribution in [1.82, 2.24) is 9.80 Å². The maximum atomic E-state index is 13.6.